The van der Waals surface area contributed by atoms with Gasteiger partial charge in [0.25, 0.3) is 0 Å². The first kappa shape index (κ1) is 11.9. The van der Waals surface area contributed by atoms with Crippen LogP contribution in [-0.4, -0.2) is 24.8 Å². The molecule has 1 unspecified atom stereocenters. The van der Waals surface area contributed by atoms with E-state index in [0.29, 0.717) is 13.1 Å². The lowest BCUT2D eigenvalue weighted by molar-refractivity contribution is 0.0789. The van der Waals surface area contributed by atoms with Crippen molar-refractivity contribution >= 4 is 11.8 Å². The number of aryl methyl sites for hydroxylation is 2. The van der Waals surface area contributed by atoms with Gasteiger partial charge in [0.15, 0.2) is 0 Å². The molecule has 0 saturated carbocycles. The molecule has 4 heteroatoms. The molecule has 0 bridgehead atoms. The fourth-order valence-corrected chi connectivity index (χ4v) is 1.89. The van der Waals surface area contributed by atoms with Crippen LogP contribution in [0, 0.1) is 13.8 Å². The number of nitrogens with zero attached hydrogens (tertiary/aromatic N) is 1. The van der Waals surface area contributed by atoms with E-state index in [1.165, 1.54) is 5.56 Å². The summed E-state index contributed by atoms with van der Waals surface area (Å²) in [5.41, 5.74) is 8.29. The highest BCUT2D eigenvalue weighted by atomic mass is 16.6. The van der Waals surface area contributed by atoms with Crippen LogP contribution in [0.15, 0.2) is 18.2 Å². The minimum absolute atomic E-state index is 0.318. The highest BCUT2D eigenvalue weighted by Gasteiger charge is 2.41. The molecule has 1 fully saturated rings. The predicted molar refractivity (Wildman–Crippen MR) is 67.2 cm³/mol. The summed E-state index contributed by atoms with van der Waals surface area (Å²) in [5, 5.41) is 0. The zero-order chi connectivity index (χ0) is 12.6. The molecule has 1 aliphatic heterocycles. The van der Waals surface area contributed by atoms with Gasteiger partial charge < -0.3 is 10.5 Å². The van der Waals surface area contributed by atoms with Gasteiger partial charge in [-0.15, -0.1) is 0 Å². The fraction of sp³-hybridized carbons (Fsp3) is 0.462. The number of cyclic esters (lactones) is 1. The van der Waals surface area contributed by atoms with E-state index in [1.807, 2.05) is 39.0 Å². The first-order valence-electron chi connectivity index (χ1n) is 5.73. The van der Waals surface area contributed by atoms with E-state index in [4.69, 9.17) is 10.5 Å². The predicted octanol–water partition coefficient (Wildman–Crippen LogP) is 1.98. The molecular weight excluding hydrogens is 216 g/mol. The molecule has 92 valence electrons. The number of hydrogen-bond donors (Lipinski definition) is 1. The zero-order valence-corrected chi connectivity index (χ0v) is 10.5. The van der Waals surface area contributed by atoms with Crippen molar-refractivity contribution in [1.29, 1.82) is 0 Å². The van der Waals surface area contributed by atoms with Crippen LogP contribution in [0.1, 0.15) is 18.1 Å². The Kier molecular flexibility index (Phi) is 2.83. The summed E-state index contributed by atoms with van der Waals surface area (Å²) in [4.78, 5) is 13.4. The summed E-state index contributed by atoms with van der Waals surface area (Å²) in [6.07, 6.45) is -0.318. The van der Waals surface area contributed by atoms with Gasteiger partial charge in [-0.05, 0) is 44.0 Å². The van der Waals surface area contributed by atoms with Crippen LogP contribution in [-0.2, 0) is 4.74 Å². The number of nitrogens with two attached hydrogens (primary N) is 1. The van der Waals surface area contributed by atoms with Gasteiger partial charge in [0.1, 0.15) is 5.60 Å². The average molecular weight is 234 g/mol. The Morgan fingerprint density at radius 1 is 1.41 bits per heavy atom. The van der Waals surface area contributed by atoms with Crippen LogP contribution in [0.25, 0.3) is 0 Å². The van der Waals surface area contributed by atoms with Gasteiger partial charge in [0, 0.05) is 12.2 Å². The molecule has 17 heavy (non-hydrogen) atoms. The first-order valence-corrected chi connectivity index (χ1v) is 5.73. The van der Waals surface area contributed by atoms with Gasteiger partial charge in [0.2, 0.25) is 0 Å². The topological polar surface area (TPSA) is 55.6 Å². The molecule has 1 saturated heterocycles. The summed E-state index contributed by atoms with van der Waals surface area (Å²) >= 11 is 0. The van der Waals surface area contributed by atoms with Crippen LogP contribution in [0.2, 0.25) is 0 Å². The number of hydrogen-bond acceptors (Lipinski definition) is 3. The Bertz CT molecular complexity index is 459. The van der Waals surface area contributed by atoms with E-state index >= 15 is 0 Å². The Morgan fingerprint density at radius 2 is 2.12 bits per heavy atom. The van der Waals surface area contributed by atoms with E-state index in [0.717, 1.165) is 11.3 Å². The number of carbonyl (C=O) groups is 1. The molecule has 4 nitrogen and oxygen atoms in total. The van der Waals surface area contributed by atoms with Gasteiger partial charge >= 0.3 is 6.09 Å². The second-order valence-corrected chi connectivity index (χ2v) is 4.88. The van der Waals surface area contributed by atoms with E-state index in [9.17, 15) is 4.79 Å². The van der Waals surface area contributed by atoms with Crippen molar-refractivity contribution in [2.45, 2.75) is 26.4 Å². The summed E-state index contributed by atoms with van der Waals surface area (Å²) in [6, 6.07) is 5.95. The quantitative estimate of drug-likeness (QED) is 0.851. The standard InChI is InChI=1S/C13H18N2O2/c1-9-4-5-11(6-10(9)2)15-8-13(3,7-14)17-12(15)16/h4-6H,7-8,14H2,1-3H3. The maximum atomic E-state index is 11.8. The van der Waals surface area contributed by atoms with Gasteiger partial charge in [-0.25, -0.2) is 4.79 Å². The SMILES string of the molecule is Cc1ccc(N2CC(C)(CN)OC2=O)cc1C. The van der Waals surface area contributed by atoms with Crippen molar-refractivity contribution in [1.82, 2.24) is 0 Å². The average Bonchev–Trinajstić information content (AvgIpc) is 2.59. The summed E-state index contributed by atoms with van der Waals surface area (Å²) in [5.74, 6) is 0. The molecule has 0 radical (unpaired) electrons. The lowest BCUT2D eigenvalue weighted by atomic mass is 10.1. The number of amides is 1. The van der Waals surface area contributed by atoms with Crippen LogP contribution in [0.4, 0.5) is 10.5 Å². The first-order chi connectivity index (χ1) is 7.95. The largest absolute Gasteiger partial charge is 0.440 e. The molecule has 1 aliphatic rings. The van der Waals surface area contributed by atoms with Crippen LogP contribution in [0.3, 0.4) is 0 Å². The lowest BCUT2D eigenvalue weighted by Gasteiger charge is -2.19. The van der Waals surface area contributed by atoms with E-state index in [1.54, 1.807) is 4.90 Å². The van der Waals surface area contributed by atoms with Gasteiger partial charge in [-0.3, -0.25) is 4.90 Å². The van der Waals surface area contributed by atoms with Crippen molar-refractivity contribution in [2.75, 3.05) is 18.0 Å². The van der Waals surface area contributed by atoms with Gasteiger partial charge in [-0.1, -0.05) is 6.07 Å². The smallest absolute Gasteiger partial charge is 0.415 e. The van der Waals surface area contributed by atoms with E-state index in [2.05, 4.69) is 0 Å². The molecule has 1 heterocycles. The second-order valence-electron chi connectivity index (χ2n) is 4.88. The third-order valence-electron chi connectivity index (χ3n) is 3.28. The minimum Gasteiger partial charge on any atom is -0.440 e. The zero-order valence-electron chi connectivity index (χ0n) is 10.5. The molecule has 1 aromatic carbocycles. The van der Waals surface area contributed by atoms with Crippen LogP contribution in [0.5, 0.6) is 0 Å². The molecule has 2 N–H and O–H groups in total. The van der Waals surface area contributed by atoms with Crippen molar-refractivity contribution in [3.8, 4) is 0 Å². The molecule has 1 amide bonds. The molecule has 0 aromatic heterocycles. The summed E-state index contributed by atoms with van der Waals surface area (Å²) < 4.78 is 5.30. The Labute approximate surface area is 101 Å². The highest BCUT2D eigenvalue weighted by Crippen LogP contribution is 2.28. The minimum atomic E-state index is -0.574. The molecule has 1 atom stereocenters. The van der Waals surface area contributed by atoms with E-state index < -0.39 is 5.60 Å². The van der Waals surface area contributed by atoms with Gasteiger partial charge in [0.05, 0.1) is 6.54 Å². The monoisotopic (exact) mass is 234 g/mol. The molecular formula is C13H18N2O2. The van der Waals surface area contributed by atoms with Crippen LogP contribution >= 0.6 is 0 Å². The van der Waals surface area contributed by atoms with Gasteiger partial charge in [-0.2, -0.15) is 0 Å². The van der Waals surface area contributed by atoms with E-state index in [-0.39, 0.29) is 6.09 Å². The maximum absolute atomic E-state index is 11.8. The number of anilines is 1. The highest BCUT2D eigenvalue weighted by molar-refractivity contribution is 5.90. The maximum Gasteiger partial charge on any atom is 0.415 e. The van der Waals surface area contributed by atoms with Crippen molar-refractivity contribution in [3.05, 3.63) is 29.3 Å². The Balaban J connectivity index is 2.29. The van der Waals surface area contributed by atoms with Crippen LogP contribution < -0.4 is 10.6 Å². The molecule has 0 aliphatic carbocycles. The summed E-state index contributed by atoms with van der Waals surface area (Å²) in [6.45, 7) is 6.77. The molecule has 0 spiro atoms. The third kappa shape index (κ3) is 2.13. The fourth-order valence-electron chi connectivity index (χ4n) is 1.89. The Hall–Kier alpha value is -1.55. The Morgan fingerprint density at radius 3 is 2.65 bits per heavy atom. The van der Waals surface area contributed by atoms with Crippen molar-refractivity contribution in [2.24, 2.45) is 5.73 Å². The second kappa shape index (κ2) is 4.04. The normalized spacial score (nSPS) is 24.0. The summed E-state index contributed by atoms with van der Waals surface area (Å²) in [7, 11) is 0. The lowest BCUT2D eigenvalue weighted by Crippen LogP contribution is -2.38. The van der Waals surface area contributed by atoms with Crippen molar-refractivity contribution in [3.63, 3.8) is 0 Å². The number of benzene rings is 1. The molecule has 1 aromatic rings. The number of ether oxygens (including phenoxy) is 1. The number of rotatable bonds is 2. The van der Waals surface area contributed by atoms with Crippen molar-refractivity contribution < 1.29 is 9.53 Å². The number of carbonyl (C=O) groups excluding carboxylic acids is 1. The third-order valence-corrected chi connectivity index (χ3v) is 3.28. The molecule has 2 rings (SSSR count).